The van der Waals surface area contributed by atoms with Crippen LogP contribution in [0.15, 0.2) is 12.4 Å². The summed E-state index contributed by atoms with van der Waals surface area (Å²) in [6.45, 7) is 2.20. The fourth-order valence-electron chi connectivity index (χ4n) is 2.30. The van der Waals surface area contributed by atoms with E-state index in [-0.39, 0.29) is 12.1 Å². The van der Waals surface area contributed by atoms with Crippen molar-refractivity contribution in [2.24, 2.45) is 5.92 Å². The number of carbonyl (C=O) groups excluding carboxylic acids is 1. The van der Waals surface area contributed by atoms with Crippen LogP contribution in [0.25, 0.3) is 0 Å². The first kappa shape index (κ1) is 11.2. The lowest BCUT2D eigenvalue weighted by molar-refractivity contribution is 0.0140. The Morgan fingerprint density at radius 1 is 1.62 bits per heavy atom. The number of aromatic nitrogens is 2. The second kappa shape index (κ2) is 5.14. The molecule has 1 N–H and O–H groups in total. The Labute approximate surface area is 95.4 Å². The van der Waals surface area contributed by atoms with Crippen molar-refractivity contribution in [3.8, 4) is 0 Å². The second-order valence-electron chi connectivity index (χ2n) is 4.46. The molecule has 0 aromatic carbocycles. The quantitative estimate of drug-likeness (QED) is 0.799. The van der Waals surface area contributed by atoms with E-state index in [1.54, 1.807) is 6.20 Å². The standard InChI is InChI=1S/C12H18N2O2/c1-2-9-4-3-5-11(6-9)16-12(15)10-7-13-14-8-10/h7-9,11H,2-6H2,1H3,(H,13,14). The molecule has 0 spiro atoms. The molecule has 1 aromatic rings. The summed E-state index contributed by atoms with van der Waals surface area (Å²) in [5.74, 6) is 0.464. The molecule has 1 aliphatic carbocycles. The maximum atomic E-state index is 11.7. The number of nitrogens with zero attached hydrogens (tertiary/aromatic N) is 1. The number of hydrogen-bond acceptors (Lipinski definition) is 3. The van der Waals surface area contributed by atoms with Gasteiger partial charge in [0.05, 0.1) is 11.8 Å². The van der Waals surface area contributed by atoms with Crippen LogP contribution in [0.2, 0.25) is 0 Å². The van der Waals surface area contributed by atoms with Crippen LogP contribution in [0.4, 0.5) is 0 Å². The molecule has 0 amide bonds. The summed E-state index contributed by atoms with van der Waals surface area (Å²) in [6, 6.07) is 0. The molecule has 1 heterocycles. The number of aromatic amines is 1. The van der Waals surface area contributed by atoms with Crippen LogP contribution < -0.4 is 0 Å². The molecule has 2 atom stereocenters. The highest BCUT2D eigenvalue weighted by molar-refractivity contribution is 5.88. The van der Waals surface area contributed by atoms with Gasteiger partial charge in [0.15, 0.2) is 0 Å². The summed E-state index contributed by atoms with van der Waals surface area (Å²) in [5.41, 5.74) is 0.513. The molecule has 0 radical (unpaired) electrons. The summed E-state index contributed by atoms with van der Waals surface area (Å²) >= 11 is 0. The van der Waals surface area contributed by atoms with Crippen molar-refractivity contribution in [1.29, 1.82) is 0 Å². The van der Waals surface area contributed by atoms with Gasteiger partial charge in [-0.1, -0.05) is 19.8 Å². The molecule has 1 fully saturated rings. The summed E-state index contributed by atoms with van der Waals surface area (Å²) < 4.78 is 5.47. The van der Waals surface area contributed by atoms with E-state index in [9.17, 15) is 4.79 Å². The molecule has 2 rings (SSSR count). The normalized spacial score (nSPS) is 25.3. The van der Waals surface area contributed by atoms with Gasteiger partial charge in [-0.2, -0.15) is 5.10 Å². The number of hydrogen-bond donors (Lipinski definition) is 1. The summed E-state index contributed by atoms with van der Waals surface area (Å²) in [7, 11) is 0. The van der Waals surface area contributed by atoms with Gasteiger partial charge in [0.25, 0.3) is 0 Å². The van der Waals surface area contributed by atoms with Gasteiger partial charge in [0.1, 0.15) is 6.10 Å². The molecular formula is C12H18N2O2. The minimum absolute atomic E-state index is 0.0982. The van der Waals surface area contributed by atoms with Crippen molar-refractivity contribution >= 4 is 5.97 Å². The van der Waals surface area contributed by atoms with Gasteiger partial charge in [0.2, 0.25) is 0 Å². The third kappa shape index (κ3) is 2.62. The van der Waals surface area contributed by atoms with Crippen LogP contribution in [0, 0.1) is 5.92 Å². The lowest BCUT2D eigenvalue weighted by atomic mass is 9.85. The van der Waals surface area contributed by atoms with Gasteiger partial charge in [-0.15, -0.1) is 0 Å². The molecular weight excluding hydrogens is 204 g/mol. The first-order valence-corrected chi connectivity index (χ1v) is 5.99. The zero-order chi connectivity index (χ0) is 11.4. The minimum Gasteiger partial charge on any atom is -0.459 e. The lowest BCUT2D eigenvalue weighted by Gasteiger charge is -2.27. The topological polar surface area (TPSA) is 55.0 Å². The largest absolute Gasteiger partial charge is 0.459 e. The molecule has 0 aliphatic heterocycles. The van der Waals surface area contributed by atoms with Crippen LogP contribution in [0.5, 0.6) is 0 Å². The number of ether oxygens (including phenoxy) is 1. The minimum atomic E-state index is -0.254. The van der Waals surface area contributed by atoms with Crippen LogP contribution in [-0.4, -0.2) is 22.3 Å². The fraction of sp³-hybridized carbons (Fsp3) is 0.667. The van der Waals surface area contributed by atoms with E-state index in [4.69, 9.17) is 4.74 Å². The SMILES string of the molecule is CCC1CCCC(OC(=O)c2cn[nH]c2)C1. The number of carbonyl (C=O) groups is 1. The van der Waals surface area contributed by atoms with Crippen molar-refractivity contribution in [2.75, 3.05) is 0 Å². The van der Waals surface area contributed by atoms with E-state index in [0.717, 1.165) is 18.8 Å². The van der Waals surface area contributed by atoms with Crippen LogP contribution in [0.3, 0.4) is 0 Å². The van der Waals surface area contributed by atoms with Crippen LogP contribution >= 0.6 is 0 Å². The van der Waals surface area contributed by atoms with Crippen molar-refractivity contribution in [2.45, 2.75) is 45.1 Å². The molecule has 16 heavy (non-hydrogen) atoms. The van der Waals surface area contributed by atoms with Gasteiger partial charge in [0, 0.05) is 6.20 Å². The Bertz CT molecular complexity index is 335. The predicted octanol–water partition coefficient (Wildman–Crippen LogP) is 2.54. The van der Waals surface area contributed by atoms with Gasteiger partial charge in [-0.25, -0.2) is 4.79 Å². The van der Waals surface area contributed by atoms with Crippen molar-refractivity contribution in [1.82, 2.24) is 10.2 Å². The van der Waals surface area contributed by atoms with E-state index in [0.29, 0.717) is 5.56 Å². The van der Waals surface area contributed by atoms with E-state index >= 15 is 0 Å². The summed E-state index contributed by atoms with van der Waals surface area (Å²) in [4.78, 5) is 11.7. The molecule has 88 valence electrons. The van der Waals surface area contributed by atoms with E-state index in [2.05, 4.69) is 17.1 Å². The smallest absolute Gasteiger partial charge is 0.341 e. The Morgan fingerprint density at radius 2 is 2.50 bits per heavy atom. The Kier molecular flexibility index (Phi) is 3.59. The third-order valence-electron chi connectivity index (χ3n) is 3.32. The van der Waals surface area contributed by atoms with Gasteiger partial charge in [-0.05, 0) is 25.2 Å². The first-order chi connectivity index (χ1) is 7.79. The van der Waals surface area contributed by atoms with Crippen molar-refractivity contribution in [3.05, 3.63) is 18.0 Å². The van der Waals surface area contributed by atoms with Crippen molar-refractivity contribution in [3.63, 3.8) is 0 Å². The molecule has 0 bridgehead atoms. The molecule has 1 aromatic heterocycles. The molecule has 1 aliphatic rings. The third-order valence-corrected chi connectivity index (χ3v) is 3.32. The highest BCUT2D eigenvalue weighted by atomic mass is 16.5. The highest BCUT2D eigenvalue weighted by Crippen LogP contribution is 2.28. The average molecular weight is 222 g/mol. The Balaban J connectivity index is 1.87. The molecule has 2 unspecified atom stereocenters. The average Bonchev–Trinajstić information content (AvgIpc) is 2.83. The number of H-pyrrole nitrogens is 1. The predicted molar refractivity (Wildman–Crippen MR) is 60.0 cm³/mol. The Morgan fingerprint density at radius 3 is 3.19 bits per heavy atom. The molecule has 4 nitrogen and oxygen atoms in total. The van der Waals surface area contributed by atoms with Gasteiger partial charge >= 0.3 is 5.97 Å². The van der Waals surface area contributed by atoms with Crippen LogP contribution in [0.1, 0.15) is 49.4 Å². The second-order valence-corrected chi connectivity index (χ2v) is 4.46. The monoisotopic (exact) mass is 222 g/mol. The number of nitrogens with one attached hydrogen (secondary N) is 1. The van der Waals surface area contributed by atoms with Crippen LogP contribution in [-0.2, 0) is 4.74 Å². The first-order valence-electron chi connectivity index (χ1n) is 5.99. The zero-order valence-electron chi connectivity index (χ0n) is 9.61. The number of rotatable bonds is 3. The maximum absolute atomic E-state index is 11.7. The Hall–Kier alpha value is -1.32. The van der Waals surface area contributed by atoms with Crippen molar-refractivity contribution < 1.29 is 9.53 Å². The number of esters is 1. The van der Waals surface area contributed by atoms with E-state index in [1.165, 1.54) is 25.5 Å². The lowest BCUT2D eigenvalue weighted by Crippen LogP contribution is -2.25. The summed E-state index contributed by atoms with van der Waals surface area (Å²) in [5, 5.41) is 6.36. The molecule has 0 saturated heterocycles. The molecule has 1 saturated carbocycles. The zero-order valence-corrected chi connectivity index (χ0v) is 9.61. The molecule has 4 heteroatoms. The van der Waals surface area contributed by atoms with Gasteiger partial charge < -0.3 is 4.74 Å². The van der Waals surface area contributed by atoms with Gasteiger partial charge in [-0.3, -0.25) is 5.10 Å². The van der Waals surface area contributed by atoms with E-state index < -0.39 is 0 Å². The fourth-order valence-corrected chi connectivity index (χ4v) is 2.30. The highest BCUT2D eigenvalue weighted by Gasteiger charge is 2.24. The summed E-state index contributed by atoms with van der Waals surface area (Å²) in [6.07, 6.45) is 8.81. The van der Waals surface area contributed by atoms with E-state index in [1.807, 2.05) is 0 Å². The maximum Gasteiger partial charge on any atom is 0.341 e.